The molecular weight excluding hydrogens is 170 g/mol. The molecule has 0 fully saturated rings. The Morgan fingerprint density at radius 1 is 1.38 bits per heavy atom. The first kappa shape index (κ1) is 7.60. The number of hydrogen-bond donors (Lipinski definition) is 3. The van der Waals surface area contributed by atoms with E-state index >= 15 is 0 Å². The molecule has 5 heteroatoms. The highest BCUT2D eigenvalue weighted by molar-refractivity contribution is 5.56. The summed E-state index contributed by atoms with van der Waals surface area (Å²) in [7, 11) is 0. The van der Waals surface area contributed by atoms with E-state index in [0.717, 1.165) is 0 Å². The van der Waals surface area contributed by atoms with Gasteiger partial charge in [0.15, 0.2) is 5.82 Å². The summed E-state index contributed by atoms with van der Waals surface area (Å²) >= 11 is 0. The molecule has 0 atom stereocenters. The number of phenols is 1. The highest BCUT2D eigenvalue weighted by Crippen LogP contribution is 2.17. The third-order valence-corrected chi connectivity index (χ3v) is 1.62. The van der Waals surface area contributed by atoms with Crippen LogP contribution in [0.4, 0.5) is 0 Å². The standard InChI is InChI=1S/C8H7N3O2/c12-6-3-1-2-5(4-6)7-9-8(13)11-10-7/h1-4,12H,(H2,9,10,11,13). The van der Waals surface area contributed by atoms with Crippen LogP contribution in [0.5, 0.6) is 5.75 Å². The van der Waals surface area contributed by atoms with Gasteiger partial charge >= 0.3 is 5.69 Å². The van der Waals surface area contributed by atoms with Crippen molar-refractivity contribution in [1.82, 2.24) is 15.2 Å². The molecular formula is C8H7N3O2. The topological polar surface area (TPSA) is 81.8 Å². The molecule has 0 radical (unpaired) electrons. The molecule has 0 aliphatic carbocycles. The van der Waals surface area contributed by atoms with E-state index in [9.17, 15) is 4.79 Å². The summed E-state index contributed by atoms with van der Waals surface area (Å²) in [6.07, 6.45) is 0. The number of hydrogen-bond acceptors (Lipinski definition) is 3. The van der Waals surface area contributed by atoms with Gasteiger partial charge in [-0.3, -0.25) is 4.98 Å². The maximum Gasteiger partial charge on any atom is 0.340 e. The minimum absolute atomic E-state index is 0.140. The summed E-state index contributed by atoms with van der Waals surface area (Å²) < 4.78 is 0. The Hall–Kier alpha value is -2.04. The number of aromatic hydroxyl groups is 1. The normalized spacial score (nSPS) is 10.2. The van der Waals surface area contributed by atoms with Crippen LogP contribution in [0.2, 0.25) is 0 Å². The molecule has 1 aromatic carbocycles. The van der Waals surface area contributed by atoms with Gasteiger partial charge in [0.05, 0.1) is 0 Å². The SMILES string of the molecule is O=c1[nH]nc(-c2cccc(O)c2)[nH]1. The summed E-state index contributed by atoms with van der Waals surface area (Å²) in [5.41, 5.74) is 0.302. The van der Waals surface area contributed by atoms with Crippen molar-refractivity contribution in [3.8, 4) is 17.1 Å². The Morgan fingerprint density at radius 2 is 2.23 bits per heavy atom. The van der Waals surface area contributed by atoms with Crippen LogP contribution in [0, 0.1) is 0 Å². The largest absolute Gasteiger partial charge is 0.508 e. The highest BCUT2D eigenvalue weighted by atomic mass is 16.3. The van der Waals surface area contributed by atoms with Gasteiger partial charge in [0.25, 0.3) is 0 Å². The zero-order valence-corrected chi connectivity index (χ0v) is 6.61. The predicted octanol–water partition coefficient (Wildman–Crippen LogP) is 0.471. The van der Waals surface area contributed by atoms with Crippen LogP contribution < -0.4 is 5.69 Å². The fourth-order valence-corrected chi connectivity index (χ4v) is 1.06. The molecule has 66 valence electrons. The van der Waals surface area contributed by atoms with Crippen molar-refractivity contribution in [2.75, 3.05) is 0 Å². The lowest BCUT2D eigenvalue weighted by Crippen LogP contribution is -2.00. The number of nitrogens with one attached hydrogen (secondary N) is 2. The molecule has 0 aliphatic rings. The van der Waals surface area contributed by atoms with E-state index in [0.29, 0.717) is 11.4 Å². The lowest BCUT2D eigenvalue weighted by molar-refractivity contribution is 0.475. The highest BCUT2D eigenvalue weighted by Gasteiger charge is 2.01. The zero-order chi connectivity index (χ0) is 9.26. The molecule has 3 N–H and O–H groups in total. The summed E-state index contributed by atoms with van der Waals surface area (Å²) in [4.78, 5) is 13.2. The monoisotopic (exact) mass is 177 g/mol. The quantitative estimate of drug-likeness (QED) is 0.592. The average Bonchev–Trinajstić information content (AvgIpc) is 2.52. The molecule has 0 unspecified atom stereocenters. The Bertz CT molecular complexity index is 472. The number of aromatic nitrogens is 3. The second-order valence-electron chi connectivity index (χ2n) is 2.58. The van der Waals surface area contributed by atoms with Crippen molar-refractivity contribution >= 4 is 0 Å². The van der Waals surface area contributed by atoms with E-state index in [-0.39, 0.29) is 11.4 Å². The lowest BCUT2D eigenvalue weighted by atomic mass is 10.2. The summed E-state index contributed by atoms with van der Waals surface area (Å²) in [5.74, 6) is 0.558. The van der Waals surface area contributed by atoms with Crippen LogP contribution in [0.1, 0.15) is 0 Å². The van der Waals surface area contributed by atoms with Gasteiger partial charge in [-0.2, -0.15) is 5.10 Å². The summed E-state index contributed by atoms with van der Waals surface area (Å²) in [6.45, 7) is 0. The van der Waals surface area contributed by atoms with Gasteiger partial charge < -0.3 is 5.11 Å². The Labute approximate surface area is 73.1 Å². The van der Waals surface area contributed by atoms with Gasteiger partial charge in [0, 0.05) is 5.56 Å². The van der Waals surface area contributed by atoms with Crippen LogP contribution in [0.15, 0.2) is 29.1 Å². The summed E-state index contributed by atoms with van der Waals surface area (Å²) in [5, 5.41) is 15.1. The van der Waals surface area contributed by atoms with Gasteiger partial charge in [-0.1, -0.05) is 12.1 Å². The van der Waals surface area contributed by atoms with Crippen LogP contribution in [0.25, 0.3) is 11.4 Å². The first-order valence-electron chi connectivity index (χ1n) is 3.70. The predicted molar refractivity (Wildman–Crippen MR) is 46.3 cm³/mol. The van der Waals surface area contributed by atoms with Crippen molar-refractivity contribution in [3.63, 3.8) is 0 Å². The molecule has 1 aromatic heterocycles. The first-order valence-corrected chi connectivity index (χ1v) is 3.70. The molecule has 0 saturated heterocycles. The van der Waals surface area contributed by atoms with E-state index in [1.54, 1.807) is 18.2 Å². The molecule has 13 heavy (non-hydrogen) atoms. The molecule has 1 heterocycles. The number of benzene rings is 1. The van der Waals surface area contributed by atoms with E-state index in [1.807, 2.05) is 0 Å². The average molecular weight is 177 g/mol. The third-order valence-electron chi connectivity index (χ3n) is 1.62. The first-order chi connectivity index (χ1) is 6.25. The molecule has 0 amide bonds. The van der Waals surface area contributed by atoms with E-state index in [1.165, 1.54) is 6.07 Å². The number of rotatable bonds is 1. The maximum atomic E-state index is 10.7. The molecule has 0 saturated carbocycles. The van der Waals surface area contributed by atoms with Crippen molar-refractivity contribution < 1.29 is 5.11 Å². The molecule has 5 nitrogen and oxygen atoms in total. The lowest BCUT2D eigenvalue weighted by Gasteiger charge is -1.95. The number of nitrogens with zero attached hydrogens (tertiary/aromatic N) is 1. The smallest absolute Gasteiger partial charge is 0.340 e. The second kappa shape index (κ2) is 2.78. The molecule has 0 spiro atoms. The fraction of sp³-hybridized carbons (Fsp3) is 0. The van der Waals surface area contributed by atoms with Crippen LogP contribution in [-0.2, 0) is 0 Å². The second-order valence-corrected chi connectivity index (χ2v) is 2.58. The van der Waals surface area contributed by atoms with Crippen LogP contribution >= 0.6 is 0 Å². The number of phenolic OH excluding ortho intramolecular Hbond substituents is 1. The van der Waals surface area contributed by atoms with Crippen molar-refractivity contribution in [2.24, 2.45) is 0 Å². The summed E-state index contributed by atoms with van der Waals surface area (Å²) in [6, 6.07) is 6.49. The van der Waals surface area contributed by atoms with Crippen molar-refractivity contribution in [1.29, 1.82) is 0 Å². The maximum absolute atomic E-state index is 10.7. The van der Waals surface area contributed by atoms with E-state index in [4.69, 9.17) is 5.11 Å². The fourth-order valence-electron chi connectivity index (χ4n) is 1.06. The number of H-pyrrole nitrogens is 2. The zero-order valence-electron chi connectivity index (χ0n) is 6.61. The number of aromatic amines is 2. The van der Waals surface area contributed by atoms with Gasteiger partial charge in [0.2, 0.25) is 0 Å². The van der Waals surface area contributed by atoms with E-state index < -0.39 is 0 Å². The molecule has 0 aliphatic heterocycles. The third kappa shape index (κ3) is 1.44. The van der Waals surface area contributed by atoms with Gasteiger partial charge in [-0.05, 0) is 12.1 Å². The van der Waals surface area contributed by atoms with Gasteiger partial charge in [0.1, 0.15) is 5.75 Å². The Kier molecular flexibility index (Phi) is 1.63. The van der Waals surface area contributed by atoms with Crippen LogP contribution in [-0.4, -0.2) is 20.3 Å². The van der Waals surface area contributed by atoms with Crippen LogP contribution in [0.3, 0.4) is 0 Å². The minimum Gasteiger partial charge on any atom is -0.508 e. The van der Waals surface area contributed by atoms with E-state index in [2.05, 4.69) is 15.2 Å². The Morgan fingerprint density at radius 3 is 2.85 bits per heavy atom. The van der Waals surface area contributed by atoms with Crippen molar-refractivity contribution in [2.45, 2.75) is 0 Å². The minimum atomic E-state index is -0.363. The van der Waals surface area contributed by atoms with Crippen molar-refractivity contribution in [3.05, 3.63) is 34.7 Å². The van der Waals surface area contributed by atoms with Gasteiger partial charge in [-0.15, -0.1) is 0 Å². The molecule has 2 aromatic rings. The van der Waals surface area contributed by atoms with Gasteiger partial charge in [-0.25, -0.2) is 9.89 Å². The molecule has 2 rings (SSSR count). The molecule has 0 bridgehead atoms. The Balaban J connectivity index is 2.52.